The number of hydrazone groups is 1. The SMILES string of the molecule is Cc1nnc(SCC(=O)N2N=C(c3ccco3)CC2c2cccs2)n1Cc1ccccc1. The van der Waals surface area contributed by atoms with Crippen LogP contribution in [0, 0.1) is 6.92 Å². The van der Waals surface area contributed by atoms with E-state index in [1.165, 1.54) is 11.8 Å². The van der Waals surface area contributed by atoms with Crippen LogP contribution in [0.15, 0.2) is 80.9 Å². The van der Waals surface area contributed by atoms with Gasteiger partial charge in [0, 0.05) is 11.3 Å². The summed E-state index contributed by atoms with van der Waals surface area (Å²) in [5, 5.41) is 17.5. The number of furan rings is 1. The fraction of sp³-hybridized carbons (Fsp3) is 0.217. The zero-order valence-electron chi connectivity index (χ0n) is 17.4. The van der Waals surface area contributed by atoms with E-state index in [9.17, 15) is 4.79 Å². The van der Waals surface area contributed by atoms with Crippen molar-refractivity contribution in [1.29, 1.82) is 0 Å². The number of aryl methyl sites for hydroxylation is 1. The molecule has 0 radical (unpaired) electrons. The number of amides is 1. The highest BCUT2D eigenvalue weighted by molar-refractivity contribution is 7.99. The van der Waals surface area contributed by atoms with Crippen LogP contribution in [0.3, 0.4) is 0 Å². The Morgan fingerprint density at radius 3 is 2.78 bits per heavy atom. The van der Waals surface area contributed by atoms with Crippen LogP contribution >= 0.6 is 23.1 Å². The number of hydrogen-bond acceptors (Lipinski definition) is 7. The van der Waals surface area contributed by atoms with E-state index >= 15 is 0 Å². The number of carbonyl (C=O) groups excluding carboxylic acids is 1. The third kappa shape index (κ3) is 4.26. The van der Waals surface area contributed by atoms with Crippen molar-refractivity contribution in [1.82, 2.24) is 19.8 Å². The number of thioether (sulfide) groups is 1. The molecule has 0 fully saturated rings. The molecule has 0 N–H and O–H groups in total. The lowest BCUT2D eigenvalue weighted by Gasteiger charge is -2.20. The Morgan fingerprint density at radius 2 is 2.03 bits per heavy atom. The highest BCUT2D eigenvalue weighted by atomic mass is 32.2. The molecule has 1 atom stereocenters. The summed E-state index contributed by atoms with van der Waals surface area (Å²) in [6.45, 7) is 2.59. The van der Waals surface area contributed by atoms with E-state index in [1.807, 2.05) is 59.3 Å². The van der Waals surface area contributed by atoms with Gasteiger partial charge in [-0.05, 0) is 36.1 Å². The smallest absolute Gasteiger partial charge is 0.253 e. The van der Waals surface area contributed by atoms with Gasteiger partial charge in [-0.15, -0.1) is 21.5 Å². The molecule has 1 aromatic carbocycles. The molecule has 162 valence electrons. The zero-order valence-corrected chi connectivity index (χ0v) is 19.1. The fourth-order valence-electron chi connectivity index (χ4n) is 3.64. The molecule has 0 spiro atoms. The quantitative estimate of drug-likeness (QED) is 0.369. The normalized spacial score (nSPS) is 15.8. The highest BCUT2D eigenvalue weighted by Crippen LogP contribution is 2.36. The molecule has 32 heavy (non-hydrogen) atoms. The van der Waals surface area contributed by atoms with Gasteiger partial charge in [0.1, 0.15) is 17.3 Å². The van der Waals surface area contributed by atoms with E-state index < -0.39 is 0 Å². The van der Waals surface area contributed by atoms with Crippen molar-refractivity contribution in [3.8, 4) is 0 Å². The van der Waals surface area contributed by atoms with Gasteiger partial charge in [0.25, 0.3) is 5.91 Å². The molecule has 0 aliphatic carbocycles. The summed E-state index contributed by atoms with van der Waals surface area (Å²) in [5.41, 5.74) is 1.95. The Hall–Kier alpha value is -3.17. The Balaban J connectivity index is 1.33. The van der Waals surface area contributed by atoms with Crippen LogP contribution in [0.5, 0.6) is 0 Å². The highest BCUT2D eigenvalue weighted by Gasteiger charge is 2.34. The van der Waals surface area contributed by atoms with Gasteiger partial charge < -0.3 is 8.98 Å². The second-order valence-electron chi connectivity index (χ2n) is 7.39. The van der Waals surface area contributed by atoms with E-state index in [-0.39, 0.29) is 17.7 Å². The number of aromatic nitrogens is 3. The molecule has 1 unspecified atom stereocenters. The average molecular weight is 464 g/mol. The number of benzene rings is 1. The minimum Gasteiger partial charge on any atom is -0.463 e. The van der Waals surface area contributed by atoms with Gasteiger partial charge in [-0.3, -0.25) is 4.79 Å². The van der Waals surface area contributed by atoms with Crippen LogP contribution in [0.25, 0.3) is 0 Å². The van der Waals surface area contributed by atoms with Crippen molar-refractivity contribution in [2.45, 2.75) is 31.1 Å². The Labute approximate surface area is 193 Å². The van der Waals surface area contributed by atoms with Gasteiger partial charge in [0.2, 0.25) is 0 Å². The topological polar surface area (TPSA) is 76.5 Å². The molecule has 0 bridgehead atoms. The molecule has 1 aliphatic heterocycles. The van der Waals surface area contributed by atoms with Gasteiger partial charge in [0.15, 0.2) is 5.16 Å². The van der Waals surface area contributed by atoms with E-state index in [0.717, 1.165) is 27.1 Å². The summed E-state index contributed by atoms with van der Waals surface area (Å²) < 4.78 is 7.56. The zero-order chi connectivity index (χ0) is 21.9. The standard InChI is InChI=1S/C23H21N5O2S2/c1-16-24-25-23(27(16)14-17-7-3-2-4-8-17)32-15-22(29)28-19(21-10-6-12-31-21)13-18(26-28)20-9-5-11-30-20/h2-12,19H,13-15H2,1H3. The lowest BCUT2D eigenvalue weighted by atomic mass is 10.1. The van der Waals surface area contributed by atoms with Crippen LogP contribution in [-0.4, -0.2) is 37.1 Å². The van der Waals surface area contributed by atoms with E-state index in [0.29, 0.717) is 18.7 Å². The molecule has 0 saturated carbocycles. The largest absolute Gasteiger partial charge is 0.463 e. The first-order chi connectivity index (χ1) is 15.7. The van der Waals surface area contributed by atoms with Crippen molar-refractivity contribution < 1.29 is 9.21 Å². The van der Waals surface area contributed by atoms with Gasteiger partial charge in [-0.2, -0.15) is 5.10 Å². The van der Waals surface area contributed by atoms with Gasteiger partial charge in [-0.1, -0.05) is 48.2 Å². The van der Waals surface area contributed by atoms with Crippen molar-refractivity contribution in [2.24, 2.45) is 5.10 Å². The lowest BCUT2D eigenvalue weighted by Crippen LogP contribution is -2.28. The minimum absolute atomic E-state index is 0.0677. The first kappa shape index (κ1) is 20.7. The van der Waals surface area contributed by atoms with Crippen LogP contribution in [0.2, 0.25) is 0 Å². The van der Waals surface area contributed by atoms with Crippen LogP contribution < -0.4 is 0 Å². The number of hydrogen-bond donors (Lipinski definition) is 0. The number of rotatable bonds is 7. The van der Waals surface area contributed by atoms with Crippen molar-refractivity contribution >= 4 is 34.7 Å². The lowest BCUT2D eigenvalue weighted by molar-refractivity contribution is -0.130. The molecular formula is C23H21N5O2S2. The van der Waals surface area contributed by atoms with E-state index in [1.54, 1.807) is 22.6 Å². The van der Waals surface area contributed by atoms with Crippen molar-refractivity contribution in [3.05, 3.63) is 88.3 Å². The molecule has 4 aromatic rings. The van der Waals surface area contributed by atoms with Crippen LogP contribution in [0.1, 0.15) is 34.5 Å². The Morgan fingerprint density at radius 1 is 1.16 bits per heavy atom. The molecule has 7 nitrogen and oxygen atoms in total. The maximum Gasteiger partial charge on any atom is 0.253 e. The molecule has 1 aliphatic rings. The van der Waals surface area contributed by atoms with Crippen LogP contribution in [0.4, 0.5) is 0 Å². The Kier molecular flexibility index (Phi) is 5.91. The number of thiophene rings is 1. The van der Waals surface area contributed by atoms with Crippen LogP contribution in [-0.2, 0) is 11.3 Å². The molecular weight excluding hydrogens is 442 g/mol. The van der Waals surface area contributed by atoms with Gasteiger partial charge in [0.05, 0.1) is 24.6 Å². The summed E-state index contributed by atoms with van der Waals surface area (Å²) in [6.07, 6.45) is 2.26. The third-order valence-corrected chi connectivity index (χ3v) is 7.18. The second-order valence-corrected chi connectivity index (χ2v) is 9.31. The first-order valence-corrected chi connectivity index (χ1v) is 12.1. The maximum absolute atomic E-state index is 13.2. The summed E-state index contributed by atoms with van der Waals surface area (Å²) in [7, 11) is 0. The van der Waals surface area contributed by atoms with Gasteiger partial charge >= 0.3 is 0 Å². The predicted molar refractivity (Wildman–Crippen MR) is 125 cm³/mol. The summed E-state index contributed by atoms with van der Waals surface area (Å²) in [5.74, 6) is 1.68. The van der Waals surface area contributed by atoms with E-state index in [2.05, 4.69) is 27.4 Å². The number of nitrogens with zero attached hydrogens (tertiary/aromatic N) is 5. The minimum atomic E-state index is -0.118. The third-order valence-electron chi connectivity index (χ3n) is 5.25. The number of carbonyl (C=O) groups is 1. The summed E-state index contributed by atoms with van der Waals surface area (Å²) in [4.78, 5) is 14.3. The van der Waals surface area contributed by atoms with Crippen molar-refractivity contribution in [2.75, 3.05) is 5.75 Å². The Bertz CT molecular complexity index is 1220. The average Bonchev–Trinajstić information content (AvgIpc) is 3.60. The first-order valence-electron chi connectivity index (χ1n) is 10.2. The second kappa shape index (κ2) is 9.13. The molecule has 5 rings (SSSR count). The van der Waals surface area contributed by atoms with E-state index in [4.69, 9.17) is 4.42 Å². The van der Waals surface area contributed by atoms with Gasteiger partial charge in [-0.25, -0.2) is 5.01 Å². The molecule has 4 heterocycles. The molecule has 9 heteroatoms. The van der Waals surface area contributed by atoms with Crippen molar-refractivity contribution in [3.63, 3.8) is 0 Å². The molecule has 0 saturated heterocycles. The molecule has 1 amide bonds. The monoisotopic (exact) mass is 463 g/mol. The summed E-state index contributed by atoms with van der Waals surface area (Å²) in [6, 6.07) is 17.8. The molecule has 3 aromatic heterocycles. The fourth-order valence-corrected chi connectivity index (χ4v) is 5.29. The maximum atomic E-state index is 13.2. The predicted octanol–water partition coefficient (Wildman–Crippen LogP) is 4.76. The summed E-state index contributed by atoms with van der Waals surface area (Å²) >= 11 is 3.02.